The van der Waals surface area contributed by atoms with Gasteiger partial charge in [-0.05, 0) is 31.5 Å². The van der Waals surface area contributed by atoms with Crippen LogP contribution in [-0.2, 0) is 22.3 Å². The number of amides is 1. The van der Waals surface area contributed by atoms with Crippen LogP contribution in [0.25, 0.3) is 5.82 Å². The lowest BCUT2D eigenvalue weighted by Crippen LogP contribution is -2.37. The maximum Gasteiger partial charge on any atom is 0.417 e. The summed E-state index contributed by atoms with van der Waals surface area (Å²) in [5.41, 5.74) is 0.442. The second kappa shape index (κ2) is 9.21. The summed E-state index contributed by atoms with van der Waals surface area (Å²) >= 11 is 0. The molecule has 0 aliphatic carbocycles. The van der Waals surface area contributed by atoms with Gasteiger partial charge in [0, 0.05) is 19.8 Å². The molecule has 2 heterocycles. The van der Waals surface area contributed by atoms with E-state index in [0.717, 1.165) is 17.7 Å². The number of carbonyl (C=O) groups excluding carboxylic acids is 2. The molecule has 0 saturated heterocycles. The number of ether oxygens (including phenoxy) is 1. The molecule has 3 aromatic rings. The first-order valence-corrected chi connectivity index (χ1v) is 9.66. The van der Waals surface area contributed by atoms with E-state index in [0.29, 0.717) is 18.4 Å². The average molecular weight is 446 g/mol. The Bertz CT molecular complexity index is 1100. The topological polar surface area (TPSA) is 77.3 Å². The summed E-state index contributed by atoms with van der Waals surface area (Å²) in [7, 11) is 1.61. The highest BCUT2D eigenvalue weighted by atomic mass is 19.4. The minimum absolute atomic E-state index is 0.0806. The van der Waals surface area contributed by atoms with E-state index < -0.39 is 23.8 Å². The van der Waals surface area contributed by atoms with Crippen molar-refractivity contribution >= 4 is 11.9 Å². The van der Waals surface area contributed by atoms with Crippen molar-refractivity contribution in [2.75, 3.05) is 7.05 Å². The predicted molar refractivity (Wildman–Crippen MR) is 109 cm³/mol. The van der Waals surface area contributed by atoms with Gasteiger partial charge in [-0.3, -0.25) is 4.79 Å². The smallest absolute Gasteiger partial charge is 0.417 e. The third kappa shape index (κ3) is 5.13. The molecule has 0 spiro atoms. The standard InChI is InChI=1S/C22H21F3N4O3/c1-14-18(12-27-29(14)19-10-9-17(11-26-19)22(23,24)25)21(31)32-15(2)20(30)28(3)13-16-7-5-4-6-8-16/h4-12,15H,13H2,1-3H3. The molecule has 1 amide bonds. The highest BCUT2D eigenvalue weighted by molar-refractivity contribution is 5.93. The van der Waals surface area contributed by atoms with Crippen molar-refractivity contribution in [1.82, 2.24) is 19.7 Å². The fourth-order valence-electron chi connectivity index (χ4n) is 3.04. The third-order valence-corrected chi connectivity index (χ3v) is 4.79. The van der Waals surface area contributed by atoms with Crippen molar-refractivity contribution in [2.45, 2.75) is 32.7 Å². The number of alkyl halides is 3. The maximum absolute atomic E-state index is 12.7. The van der Waals surface area contributed by atoms with Crippen LogP contribution in [0, 0.1) is 6.92 Å². The Hall–Kier alpha value is -3.69. The Kier molecular flexibility index (Phi) is 6.61. The Morgan fingerprint density at radius 2 is 1.81 bits per heavy atom. The summed E-state index contributed by atoms with van der Waals surface area (Å²) in [6, 6.07) is 11.4. The van der Waals surface area contributed by atoms with Gasteiger partial charge in [0.2, 0.25) is 0 Å². The normalized spacial score (nSPS) is 12.3. The highest BCUT2D eigenvalue weighted by Crippen LogP contribution is 2.28. The molecule has 0 saturated carbocycles. The first-order chi connectivity index (χ1) is 15.1. The summed E-state index contributed by atoms with van der Waals surface area (Å²) < 4.78 is 44.7. The minimum atomic E-state index is -4.50. The zero-order chi connectivity index (χ0) is 23.5. The molecule has 0 radical (unpaired) electrons. The van der Waals surface area contributed by atoms with Crippen molar-refractivity contribution in [3.05, 3.63) is 77.2 Å². The zero-order valence-corrected chi connectivity index (χ0v) is 17.6. The summed E-state index contributed by atoms with van der Waals surface area (Å²) in [5.74, 6) is -1.03. The van der Waals surface area contributed by atoms with Gasteiger partial charge in [0.25, 0.3) is 5.91 Å². The van der Waals surface area contributed by atoms with E-state index in [-0.39, 0.29) is 17.3 Å². The Balaban J connectivity index is 1.68. The molecule has 168 valence electrons. The van der Waals surface area contributed by atoms with Crippen LogP contribution < -0.4 is 0 Å². The van der Waals surface area contributed by atoms with Gasteiger partial charge >= 0.3 is 12.1 Å². The summed E-state index contributed by atoms with van der Waals surface area (Å²) in [5, 5.41) is 4.02. The molecule has 0 aliphatic rings. The number of likely N-dealkylation sites (N-methyl/N-ethyl adjacent to an activating group) is 1. The van der Waals surface area contributed by atoms with Crippen LogP contribution in [0.2, 0.25) is 0 Å². The number of halogens is 3. The van der Waals surface area contributed by atoms with Crippen LogP contribution in [0.4, 0.5) is 13.2 Å². The second-order valence-electron chi connectivity index (χ2n) is 7.19. The van der Waals surface area contributed by atoms with Crippen molar-refractivity contribution in [2.24, 2.45) is 0 Å². The van der Waals surface area contributed by atoms with E-state index in [9.17, 15) is 22.8 Å². The molecule has 2 aromatic heterocycles. The van der Waals surface area contributed by atoms with Crippen LogP contribution in [0.15, 0.2) is 54.9 Å². The second-order valence-corrected chi connectivity index (χ2v) is 7.19. The number of nitrogens with zero attached hydrogens (tertiary/aromatic N) is 4. The van der Waals surface area contributed by atoms with Crippen molar-refractivity contribution in [1.29, 1.82) is 0 Å². The van der Waals surface area contributed by atoms with Crippen LogP contribution in [0.3, 0.4) is 0 Å². The van der Waals surface area contributed by atoms with Gasteiger partial charge in [0.15, 0.2) is 11.9 Å². The lowest BCUT2D eigenvalue weighted by Gasteiger charge is -2.21. The van der Waals surface area contributed by atoms with Crippen LogP contribution >= 0.6 is 0 Å². The Morgan fingerprint density at radius 1 is 1.12 bits per heavy atom. The average Bonchev–Trinajstić information content (AvgIpc) is 3.14. The molecule has 0 aliphatic heterocycles. The van der Waals surface area contributed by atoms with E-state index in [1.54, 1.807) is 14.0 Å². The SMILES string of the molecule is Cc1c(C(=O)OC(C)C(=O)N(C)Cc2ccccc2)cnn1-c1ccc(C(F)(F)F)cn1. The van der Waals surface area contributed by atoms with Gasteiger partial charge in [-0.15, -0.1) is 0 Å². The van der Waals surface area contributed by atoms with Gasteiger partial charge in [-0.1, -0.05) is 30.3 Å². The molecule has 1 atom stereocenters. The molecule has 0 fully saturated rings. The molecule has 0 bridgehead atoms. The number of aromatic nitrogens is 3. The number of benzene rings is 1. The van der Waals surface area contributed by atoms with Crippen LogP contribution in [0.1, 0.15) is 34.1 Å². The number of hydrogen-bond acceptors (Lipinski definition) is 5. The predicted octanol–water partition coefficient (Wildman–Crippen LogP) is 3.80. The van der Waals surface area contributed by atoms with Crippen molar-refractivity contribution in [3.63, 3.8) is 0 Å². The Morgan fingerprint density at radius 3 is 2.41 bits per heavy atom. The molecule has 1 unspecified atom stereocenters. The summed E-state index contributed by atoms with van der Waals surface area (Å²) in [6.07, 6.45) is -3.63. The quantitative estimate of drug-likeness (QED) is 0.539. The molecule has 3 rings (SSSR count). The van der Waals surface area contributed by atoms with E-state index in [4.69, 9.17) is 4.74 Å². The van der Waals surface area contributed by atoms with Gasteiger partial charge in [-0.2, -0.15) is 18.3 Å². The molecular formula is C22H21F3N4O3. The van der Waals surface area contributed by atoms with Crippen molar-refractivity contribution < 1.29 is 27.5 Å². The summed E-state index contributed by atoms with van der Waals surface area (Å²) in [6.45, 7) is 3.38. The number of rotatable bonds is 6. The molecular weight excluding hydrogens is 425 g/mol. The van der Waals surface area contributed by atoms with Gasteiger partial charge in [0.05, 0.1) is 17.5 Å². The monoisotopic (exact) mass is 446 g/mol. The van der Waals surface area contributed by atoms with Crippen LogP contribution in [-0.4, -0.2) is 44.7 Å². The third-order valence-electron chi connectivity index (χ3n) is 4.79. The van der Waals surface area contributed by atoms with Gasteiger partial charge in [0.1, 0.15) is 5.56 Å². The Labute approximate surface area is 182 Å². The van der Waals surface area contributed by atoms with E-state index in [1.165, 1.54) is 22.7 Å². The maximum atomic E-state index is 12.7. The zero-order valence-electron chi connectivity index (χ0n) is 17.6. The van der Waals surface area contributed by atoms with Crippen molar-refractivity contribution in [3.8, 4) is 5.82 Å². The highest BCUT2D eigenvalue weighted by Gasteiger charge is 2.31. The first-order valence-electron chi connectivity index (χ1n) is 9.66. The van der Waals surface area contributed by atoms with Gasteiger partial charge < -0.3 is 9.64 Å². The van der Waals surface area contributed by atoms with E-state index >= 15 is 0 Å². The lowest BCUT2D eigenvalue weighted by atomic mass is 10.2. The summed E-state index contributed by atoms with van der Waals surface area (Å²) in [4.78, 5) is 30.4. The molecule has 7 nitrogen and oxygen atoms in total. The number of carbonyl (C=O) groups is 2. The lowest BCUT2D eigenvalue weighted by molar-refractivity contribution is -0.139. The first kappa shape index (κ1) is 23.0. The van der Waals surface area contributed by atoms with Crippen LogP contribution in [0.5, 0.6) is 0 Å². The number of esters is 1. The molecule has 1 aromatic carbocycles. The molecule has 0 N–H and O–H groups in total. The fraction of sp³-hybridized carbons (Fsp3) is 0.273. The largest absolute Gasteiger partial charge is 0.449 e. The number of pyridine rings is 1. The van der Waals surface area contributed by atoms with E-state index in [1.807, 2.05) is 30.3 Å². The fourth-order valence-corrected chi connectivity index (χ4v) is 3.04. The van der Waals surface area contributed by atoms with E-state index in [2.05, 4.69) is 10.1 Å². The minimum Gasteiger partial charge on any atom is -0.449 e. The number of hydrogen-bond donors (Lipinski definition) is 0. The van der Waals surface area contributed by atoms with Gasteiger partial charge in [-0.25, -0.2) is 14.5 Å². The molecule has 32 heavy (non-hydrogen) atoms. The molecule has 10 heteroatoms.